The Labute approximate surface area is 96.2 Å². The van der Waals surface area contributed by atoms with Gasteiger partial charge in [0.2, 0.25) is 11.5 Å². The van der Waals surface area contributed by atoms with Crippen molar-refractivity contribution in [3.63, 3.8) is 0 Å². The second kappa shape index (κ2) is 4.12. The van der Waals surface area contributed by atoms with Crippen LogP contribution in [0.3, 0.4) is 0 Å². The molecule has 0 radical (unpaired) electrons. The summed E-state index contributed by atoms with van der Waals surface area (Å²) in [6.45, 7) is 1.75. The van der Waals surface area contributed by atoms with Crippen molar-refractivity contribution in [1.82, 2.24) is 10.3 Å². The number of phenolic OH excluding ortho intramolecular Hbond substituents is 1. The number of nitrogen functional groups attached to an aromatic ring is 1. The summed E-state index contributed by atoms with van der Waals surface area (Å²) in [5.74, 6) is -0.542. The number of phenols is 1. The number of aromatic nitrogens is 2. The van der Waals surface area contributed by atoms with Crippen molar-refractivity contribution in [2.24, 2.45) is 0 Å². The Balaban J connectivity index is 2.19. The highest BCUT2D eigenvalue weighted by atomic mass is 16.6. The summed E-state index contributed by atoms with van der Waals surface area (Å²) in [5.41, 5.74) is 6.42. The van der Waals surface area contributed by atoms with E-state index in [1.165, 1.54) is 6.07 Å². The highest BCUT2D eigenvalue weighted by molar-refractivity contribution is 6.05. The summed E-state index contributed by atoms with van der Waals surface area (Å²) in [5, 5.41) is 18.6. The van der Waals surface area contributed by atoms with E-state index in [4.69, 9.17) is 5.73 Å². The fourth-order valence-corrected chi connectivity index (χ4v) is 1.23. The molecular formula is C10H10N4O3. The number of hydrogen-bond donors (Lipinski definition) is 3. The van der Waals surface area contributed by atoms with E-state index in [2.05, 4.69) is 20.3 Å². The molecule has 0 fully saturated rings. The lowest BCUT2D eigenvalue weighted by Crippen LogP contribution is -2.14. The fraction of sp³-hybridized carbons (Fsp3) is 0.100. The number of nitrogens with two attached hydrogens (primary N) is 1. The van der Waals surface area contributed by atoms with Gasteiger partial charge in [0.1, 0.15) is 5.75 Å². The fourth-order valence-electron chi connectivity index (χ4n) is 1.23. The van der Waals surface area contributed by atoms with Crippen LogP contribution < -0.4 is 11.1 Å². The van der Waals surface area contributed by atoms with Crippen LogP contribution in [0.1, 0.15) is 16.1 Å². The molecule has 0 atom stereocenters. The second-order valence-corrected chi connectivity index (χ2v) is 3.45. The molecule has 4 N–H and O–H groups in total. The normalized spacial score (nSPS) is 10.2. The molecule has 7 heteroatoms. The first-order valence-electron chi connectivity index (χ1n) is 4.77. The van der Waals surface area contributed by atoms with Crippen LogP contribution in [0.25, 0.3) is 0 Å². The standard InChI is InChI=1S/C10H10N4O3/c1-5-2-3-6(4-7(5)15)12-10(16)8-9(11)14-17-13-8/h2-4,15H,1H3,(H2,11,14)(H,12,16). The van der Waals surface area contributed by atoms with Crippen molar-refractivity contribution in [3.05, 3.63) is 29.5 Å². The summed E-state index contributed by atoms with van der Waals surface area (Å²) in [7, 11) is 0. The quantitative estimate of drug-likeness (QED) is 0.711. The molecule has 0 aliphatic heterocycles. The number of nitrogens with one attached hydrogen (secondary N) is 1. The average molecular weight is 234 g/mol. The Morgan fingerprint density at radius 3 is 2.82 bits per heavy atom. The smallest absolute Gasteiger partial charge is 0.281 e. The summed E-state index contributed by atoms with van der Waals surface area (Å²) in [6, 6.07) is 4.75. The predicted molar refractivity (Wildman–Crippen MR) is 59.5 cm³/mol. The van der Waals surface area contributed by atoms with Gasteiger partial charge in [-0.25, -0.2) is 4.63 Å². The Morgan fingerprint density at radius 1 is 1.47 bits per heavy atom. The van der Waals surface area contributed by atoms with Crippen molar-refractivity contribution in [1.29, 1.82) is 0 Å². The van der Waals surface area contributed by atoms with Gasteiger partial charge >= 0.3 is 0 Å². The summed E-state index contributed by atoms with van der Waals surface area (Å²) >= 11 is 0. The molecule has 88 valence electrons. The third-order valence-electron chi connectivity index (χ3n) is 2.20. The van der Waals surface area contributed by atoms with Crippen molar-refractivity contribution < 1.29 is 14.5 Å². The van der Waals surface area contributed by atoms with Gasteiger partial charge in [-0.1, -0.05) is 6.07 Å². The van der Waals surface area contributed by atoms with Gasteiger partial charge in [0, 0.05) is 11.8 Å². The van der Waals surface area contributed by atoms with Crippen LogP contribution in [0.2, 0.25) is 0 Å². The SMILES string of the molecule is Cc1ccc(NC(=O)c2nonc2N)cc1O. The molecule has 0 bridgehead atoms. The molecule has 0 saturated heterocycles. The van der Waals surface area contributed by atoms with Gasteiger partial charge in [0.25, 0.3) is 5.91 Å². The lowest BCUT2D eigenvalue weighted by molar-refractivity contribution is 0.101. The highest BCUT2D eigenvalue weighted by Crippen LogP contribution is 2.21. The Morgan fingerprint density at radius 2 is 2.24 bits per heavy atom. The zero-order valence-electron chi connectivity index (χ0n) is 8.97. The molecule has 0 saturated carbocycles. The van der Waals surface area contributed by atoms with Crippen molar-refractivity contribution in [2.45, 2.75) is 6.92 Å². The number of anilines is 2. The van der Waals surface area contributed by atoms with E-state index in [9.17, 15) is 9.90 Å². The van der Waals surface area contributed by atoms with Crippen LogP contribution in [-0.4, -0.2) is 21.3 Å². The molecule has 2 rings (SSSR count). The predicted octanol–water partition coefficient (Wildman–Crippen LogP) is 0.918. The minimum atomic E-state index is -0.549. The van der Waals surface area contributed by atoms with Gasteiger partial charge in [0.05, 0.1) is 0 Å². The summed E-state index contributed by atoms with van der Waals surface area (Å²) in [6.07, 6.45) is 0. The van der Waals surface area contributed by atoms with E-state index in [1.54, 1.807) is 19.1 Å². The monoisotopic (exact) mass is 234 g/mol. The minimum Gasteiger partial charge on any atom is -0.508 e. The molecule has 2 aromatic rings. The van der Waals surface area contributed by atoms with E-state index in [0.29, 0.717) is 11.3 Å². The lowest BCUT2D eigenvalue weighted by atomic mass is 10.2. The van der Waals surface area contributed by atoms with E-state index in [1.807, 2.05) is 0 Å². The van der Waals surface area contributed by atoms with E-state index in [0.717, 1.165) is 0 Å². The van der Waals surface area contributed by atoms with Crippen molar-refractivity contribution in [2.75, 3.05) is 11.1 Å². The molecule has 1 amide bonds. The topological polar surface area (TPSA) is 114 Å². The molecule has 0 aliphatic rings. The van der Waals surface area contributed by atoms with Gasteiger partial charge in [-0.15, -0.1) is 0 Å². The number of amides is 1. The summed E-state index contributed by atoms with van der Waals surface area (Å²) < 4.78 is 4.31. The third kappa shape index (κ3) is 2.17. The number of carbonyl (C=O) groups is 1. The first kappa shape index (κ1) is 10.9. The van der Waals surface area contributed by atoms with Crippen LogP contribution >= 0.6 is 0 Å². The number of hydrogen-bond acceptors (Lipinski definition) is 6. The maximum absolute atomic E-state index is 11.7. The summed E-state index contributed by atoms with van der Waals surface area (Å²) in [4.78, 5) is 11.7. The van der Waals surface area contributed by atoms with Crippen LogP contribution in [0.15, 0.2) is 22.8 Å². The second-order valence-electron chi connectivity index (χ2n) is 3.45. The molecule has 1 aromatic heterocycles. The van der Waals surface area contributed by atoms with Gasteiger partial charge in [-0.2, -0.15) is 0 Å². The Hall–Kier alpha value is -2.57. The van der Waals surface area contributed by atoms with Crippen molar-refractivity contribution >= 4 is 17.4 Å². The molecule has 17 heavy (non-hydrogen) atoms. The van der Waals surface area contributed by atoms with Crippen LogP contribution in [-0.2, 0) is 0 Å². The number of nitrogens with zero attached hydrogens (tertiary/aromatic N) is 2. The molecule has 0 aliphatic carbocycles. The number of benzene rings is 1. The molecule has 1 heterocycles. The van der Waals surface area contributed by atoms with Crippen LogP contribution in [0, 0.1) is 6.92 Å². The molecule has 1 aromatic carbocycles. The number of rotatable bonds is 2. The number of aryl methyl sites for hydroxylation is 1. The van der Waals surface area contributed by atoms with Gasteiger partial charge in [-0.05, 0) is 28.9 Å². The zero-order valence-corrected chi connectivity index (χ0v) is 8.97. The van der Waals surface area contributed by atoms with E-state index < -0.39 is 5.91 Å². The molecule has 7 nitrogen and oxygen atoms in total. The average Bonchev–Trinajstić information content (AvgIpc) is 2.70. The van der Waals surface area contributed by atoms with Gasteiger partial charge < -0.3 is 16.2 Å². The first-order chi connectivity index (χ1) is 8.08. The first-order valence-corrected chi connectivity index (χ1v) is 4.77. The Kier molecular flexibility index (Phi) is 2.65. The Bertz CT molecular complexity index is 564. The zero-order chi connectivity index (χ0) is 12.4. The van der Waals surface area contributed by atoms with Crippen molar-refractivity contribution in [3.8, 4) is 5.75 Å². The van der Waals surface area contributed by atoms with Crippen LogP contribution in [0.4, 0.5) is 11.5 Å². The van der Waals surface area contributed by atoms with E-state index >= 15 is 0 Å². The molecular weight excluding hydrogens is 224 g/mol. The maximum atomic E-state index is 11.7. The minimum absolute atomic E-state index is 0.0844. The molecule has 0 spiro atoms. The number of carbonyl (C=O) groups excluding carboxylic acids is 1. The number of aromatic hydroxyl groups is 1. The third-order valence-corrected chi connectivity index (χ3v) is 2.20. The largest absolute Gasteiger partial charge is 0.508 e. The lowest BCUT2D eigenvalue weighted by Gasteiger charge is -2.05. The van der Waals surface area contributed by atoms with Gasteiger partial charge in [-0.3, -0.25) is 4.79 Å². The van der Waals surface area contributed by atoms with E-state index in [-0.39, 0.29) is 17.3 Å². The molecule has 0 unspecified atom stereocenters. The van der Waals surface area contributed by atoms with Gasteiger partial charge in [0.15, 0.2) is 0 Å². The van der Waals surface area contributed by atoms with Crippen LogP contribution in [0.5, 0.6) is 5.75 Å². The maximum Gasteiger partial charge on any atom is 0.281 e. The highest BCUT2D eigenvalue weighted by Gasteiger charge is 2.16.